The highest BCUT2D eigenvalue weighted by atomic mass is 79.9. The van der Waals surface area contributed by atoms with Crippen LogP contribution in [0.1, 0.15) is 15.9 Å². The summed E-state index contributed by atoms with van der Waals surface area (Å²) in [4.78, 5) is 27.0. The molecule has 0 aliphatic rings. The number of hydrogen-bond donors (Lipinski definition) is 2. The van der Waals surface area contributed by atoms with Crippen molar-refractivity contribution in [3.05, 3.63) is 79.0 Å². The largest absolute Gasteiger partial charge is 0.348 e. The lowest BCUT2D eigenvalue weighted by molar-refractivity contribution is 0.0952. The van der Waals surface area contributed by atoms with Gasteiger partial charge in [-0.25, -0.2) is 0 Å². The number of H-pyrrole nitrogens is 1. The van der Waals surface area contributed by atoms with E-state index < -0.39 is 0 Å². The Morgan fingerprint density at radius 1 is 1.00 bits per heavy atom. The van der Waals surface area contributed by atoms with Crippen LogP contribution in [0.3, 0.4) is 0 Å². The van der Waals surface area contributed by atoms with Crippen LogP contribution in [-0.4, -0.2) is 10.9 Å². The highest BCUT2D eigenvalue weighted by molar-refractivity contribution is 9.10. The van der Waals surface area contributed by atoms with Crippen molar-refractivity contribution in [3.63, 3.8) is 0 Å². The van der Waals surface area contributed by atoms with Gasteiger partial charge < -0.3 is 10.3 Å². The Morgan fingerprint density at radius 2 is 1.70 bits per heavy atom. The van der Waals surface area contributed by atoms with E-state index >= 15 is 0 Å². The number of amides is 1. The zero-order valence-electron chi connectivity index (χ0n) is 11.9. The predicted octanol–water partition coefficient (Wildman–Crippen LogP) is 3.98. The van der Waals surface area contributed by atoms with Crippen molar-refractivity contribution in [2.75, 3.05) is 0 Å². The van der Waals surface area contributed by atoms with Gasteiger partial charge in [0.2, 0.25) is 5.56 Å². The number of aromatic amines is 1. The third kappa shape index (κ3) is 3.71. The minimum Gasteiger partial charge on any atom is -0.348 e. The standard InChI is InChI=1S/C17H12Br2N2O2/c18-11-3-1-10(2-4-11)9-20-17(23)14-8-16(22)21-15-6-5-12(19)7-13(14)15/h1-8H,9H2,(H,20,23)(H,21,22). The molecule has 4 nitrogen and oxygen atoms in total. The van der Waals surface area contributed by atoms with Crippen molar-refractivity contribution in [1.29, 1.82) is 0 Å². The topological polar surface area (TPSA) is 62.0 Å². The molecule has 1 amide bonds. The Morgan fingerprint density at radius 3 is 2.43 bits per heavy atom. The second-order valence-corrected chi connectivity index (χ2v) is 6.88. The molecule has 2 N–H and O–H groups in total. The molecule has 0 saturated heterocycles. The number of rotatable bonds is 3. The van der Waals surface area contributed by atoms with E-state index in [4.69, 9.17) is 0 Å². The maximum Gasteiger partial charge on any atom is 0.252 e. The van der Waals surface area contributed by atoms with E-state index in [1.165, 1.54) is 6.07 Å². The van der Waals surface area contributed by atoms with Gasteiger partial charge in [-0.1, -0.05) is 44.0 Å². The van der Waals surface area contributed by atoms with Gasteiger partial charge in [-0.05, 0) is 35.9 Å². The highest BCUT2D eigenvalue weighted by Gasteiger charge is 2.12. The molecule has 0 bridgehead atoms. The number of halogens is 2. The number of fused-ring (bicyclic) bond motifs is 1. The first-order valence-corrected chi connectivity index (χ1v) is 8.47. The maximum atomic E-state index is 12.5. The third-order valence-electron chi connectivity index (χ3n) is 3.42. The lowest BCUT2D eigenvalue weighted by Gasteiger charge is -2.08. The number of nitrogens with one attached hydrogen (secondary N) is 2. The van der Waals surface area contributed by atoms with Gasteiger partial charge in [0, 0.05) is 32.5 Å². The van der Waals surface area contributed by atoms with E-state index in [0.29, 0.717) is 23.0 Å². The minimum atomic E-state index is -0.298. The van der Waals surface area contributed by atoms with Crippen LogP contribution in [-0.2, 0) is 6.54 Å². The third-order valence-corrected chi connectivity index (χ3v) is 4.44. The molecule has 0 radical (unpaired) electrons. The number of carbonyl (C=O) groups excluding carboxylic acids is 1. The molecule has 0 fully saturated rings. The zero-order chi connectivity index (χ0) is 16.4. The summed E-state index contributed by atoms with van der Waals surface area (Å²) in [5, 5.41) is 3.55. The molecule has 6 heteroatoms. The van der Waals surface area contributed by atoms with Crippen molar-refractivity contribution in [1.82, 2.24) is 10.3 Å². The van der Waals surface area contributed by atoms with E-state index in [-0.39, 0.29) is 11.5 Å². The monoisotopic (exact) mass is 434 g/mol. The van der Waals surface area contributed by atoms with Crippen molar-refractivity contribution in [3.8, 4) is 0 Å². The van der Waals surface area contributed by atoms with E-state index in [2.05, 4.69) is 42.2 Å². The van der Waals surface area contributed by atoms with Gasteiger partial charge in [0.25, 0.3) is 5.91 Å². The van der Waals surface area contributed by atoms with Crippen LogP contribution in [0, 0.1) is 0 Å². The lowest BCUT2D eigenvalue weighted by atomic mass is 10.1. The summed E-state index contributed by atoms with van der Waals surface area (Å²) in [6.07, 6.45) is 0. The second kappa shape index (κ2) is 6.68. The van der Waals surface area contributed by atoms with Crippen molar-refractivity contribution >= 4 is 48.7 Å². The van der Waals surface area contributed by atoms with E-state index in [9.17, 15) is 9.59 Å². The first-order chi connectivity index (χ1) is 11.0. The molecule has 0 spiro atoms. The van der Waals surface area contributed by atoms with Crippen LogP contribution in [0.15, 0.2) is 62.3 Å². The average molecular weight is 436 g/mol. The predicted molar refractivity (Wildman–Crippen MR) is 97.6 cm³/mol. The van der Waals surface area contributed by atoms with Gasteiger partial charge in [-0.3, -0.25) is 9.59 Å². The van der Waals surface area contributed by atoms with Crippen molar-refractivity contribution < 1.29 is 4.79 Å². The molecule has 0 saturated carbocycles. The molecule has 1 heterocycles. The summed E-state index contributed by atoms with van der Waals surface area (Å²) in [5.74, 6) is -0.276. The fraction of sp³-hybridized carbons (Fsp3) is 0.0588. The molecule has 116 valence electrons. The number of pyridine rings is 1. The Balaban J connectivity index is 1.89. The molecule has 0 unspecified atom stereocenters. The van der Waals surface area contributed by atoms with Crippen LogP contribution >= 0.6 is 31.9 Å². The van der Waals surface area contributed by atoms with Crippen LogP contribution in [0.4, 0.5) is 0 Å². The van der Waals surface area contributed by atoms with E-state index in [1.807, 2.05) is 36.4 Å². The molecule has 0 aliphatic heterocycles. The molecule has 3 aromatic rings. The van der Waals surface area contributed by atoms with E-state index in [1.54, 1.807) is 6.07 Å². The van der Waals surface area contributed by atoms with Gasteiger partial charge in [-0.2, -0.15) is 0 Å². The Bertz CT molecular complexity index is 933. The second-order valence-electron chi connectivity index (χ2n) is 5.05. The first-order valence-electron chi connectivity index (χ1n) is 6.88. The van der Waals surface area contributed by atoms with Gasteiger partial charge in [0.05, 0.1) is 5.56 Å². The van der Waals surface area contributed by atoms with Crippen LogP contribution in [0.2, 0.25) is 0 Å². The fourth-order valence-corrected chi connectivity index (χ4v) is 2.92. The molecule has 0 aliphatic carbocycles. The Labute approximate surface area is 149 Å². The molecule has 23 heavy (non-hydrogen) atoms. The van der Waals surface area contributed by atoms with Crippen LogP contribution < -0.4 is 10.9 Å². The first kappa shape index (κ1) is 16.0. The quantitative estimate of drug-likeness (QED) is 0.653. The summed E-state index contributed by atoms with van der Waals surface area (Å²) < 4.78 is 1.83. The fourth-order valence-electron chi connectivity index (χ4n) is 2.29. The van der Waals surface area contributed by atoms with Gasteiger partial charge >= 0.3 is 0 Å². The van der Waals surface area contributed by atoms with E-state index in [0.717, 1.165) is 14.5 Å². The number of aromatic nitrogens is 1. The minimum absolute atomic E-state index is 0.276. The summed E-state index contributed by atoms with van der Waals surface area (Å²) >= 11 is 6.76. The normalized spacial score (nSPS) is 10.7. The van der Waals surface area contributed by atoms with Crippen LogP contribution in [0.25, 0.3) is 10.9 Å². The maximum absolute atomic E-state index is 12.5. The van der Waals surface area contributed by atoms with Crippen molar-refractivity contribution in [2.45, 2.75) is 6.54 Å². The smallest absolute Gasteiger partial charge is 0.252 e. The molecular formula is C17H12Br2N2O2. The van der Waals surface area contributed by atoms with Gasteiger partial charge in [0.1, 0.15) is 0 Å². The van der Waals surface area contributed by atoms with Crippen LogP contribution in [0.5, 0.6) is 0 Å². The summed E-state index contributed by atoms with van der Waals surface area (Å²) in [6, 6.07) is 14.4. The molecular weight excluding hydrogens is 424 g/mol. The van der Waals surface area contributed by atoms with Crippen molar-refractivity contribution in [2.24, 2.45) is 0 Å². The molecule has 1 aromatic heterocycles. The number of hydrogen-bond acceptors (Lipinski definition) is 2. The number of benzene rings is 2. The van der Waals surface area contributed by atoms with Gasteiger partial charge in [0.15, 0.2) is 0 Å². The highest BCUT2D eigenvalue weighted by Crippen LogP contribution is 2.20. The molecule has 3 rings (SSSR count). The SMILES string of the molecule is O=C(NCc1ccc(Br)cc1)c1cc(=O)[nH]c2ccc(Br)cc12. The Kier molecular flexibility index (Phi) is 4.63. The average Bonchev–Trinajstić information content (AvgIpc) is 2.53. The number of carbonyl (C=O) groups is 1. The molecule has 2 aromatic carbocycles. The molecule has 0 atom stereocenters. The zero-order valence-corrected chi connectivity index (χ0v) is 15.1. The Hall–Kier alpha value is -1.92. The summed E-state index contributed by atoms with van der Waals surface area (Å²) in [5.41, 5.74) is 1.68. The summed E-state index contributed by atoms with van der Waals surface area (Å²) in [7, 11) is 0. The summed E-state index contributed by atoms with van der Waals surface area (Å²) in [6.45, 7) is 0.397. The van der Waals surface area contributed by atoms with Gasteiger partial charge in [-0.15, -0.1) is 0 Å². The lowest BCUT2D eigenvalue weighted by Crippen LogP contribution is -2.24.